The highest BCUT2D eigenvalue weighted by atomic mass is 79.9. The van der Waals surface area contributed by atoms with Crippen molar-refractivity contribution in [3.05, 3.63) is 57.8 Å². The molecule has 2 aromatic rings. The number of anilines is 1. The summed E-state index contributed by atoms with van der Waals surface area (Å²) in [6.07, 6.45) is 0.372. The van der Waals surface area contributed by atoms with Gasteiger partial charge in [-0.05, 0) is 47.5 Å². The van der Waals surface area contributed by atoms with E-state index in [0.717, 1.165) is 27.1 Å². The van der Waals surface area contributed by atoms with Crippen molar-refractivity contribution in [3.63, 3.8) is 0 Å². The number of amides is 1. The van der Waals surface area contributed by atoms with Crippen LogP contribution in [-0.4, -0.2) is 10.9 Å². The second-order valence-electron chi connectivity index (χ2n) is 4.48. The normalized spacial score (nSPS) is 10.3. The molecular weight excluding hydrogens is 304 g/mol. The molecule has 2 rings (SSSR count). The van der Waals surface area contributed by atoms with Crippen LogP contribution in [0.3, 0.4) is 0 Å². The number of halogens is 1. The molecule has 0 spiro atoms. The first-order valence-electron chi connectivity index (χ1n) is 6.03. The summed E-state index contributed by atoms with van der Waals surface area (Å²) in [4.78, 5) is 16.2. The zero-order chi connectivity index (χ0) is 13.8. The highest BCUT2D eigenvalue weighted by molar-refractivity contribution is 9.10. The van der Waals surface area contributed by atoms with Gasteiger partial charge in [0.05, 0.1) is 17.8 Å². The first-order chi connectivity index (χ1) is 9.04. The number of carbonyl (C=O) groups excluding carboxylic acids is 1. The summed E-state index contributed by atoms with van der Waals surface area (Å²) in [5.74, 6) is -0.0298. The first-order valence-corrected chi connectivity index (χ1v) is 6.82. The van der Waals surface area contributed by atoms with Crippen molar-refractivity contribution in [2.75, 3.05) is 5.32 Å². The van der Waals surface area contributed by atoms with Gasteiger partial charge in [0.2, 0.25) is 5.91 Å². The minimum absolute atomic E-state index is 0.0298. The number of nitrogens with one attached hydrogen (secondary N) is 1. The van der Waals surface area contributed by atoms with Crippen molar-refractivity contribution in [2.45, 2.75) is 20.3 Å². The Morgan fingerprint density at radius 2 is 2.05 bits per heavy atom. The monoisotopic (exact) mass is 318 g/mol. The summed E-state index contributed by atoms with van der Waals surface area (Å²) in [5, 5.41) is 2.88. The molecule has 98 valence electrons. The van der Waals surface area contributed by atoms with Crippen LogP contribution in [0.25, 0.3) is 0 Å². The maximum absolute atomic E-state index is 12.0. The van der Waals surface area contributed by atoms with E-state index in [-0.39, 0.29) is 5.91 Å². The third-order valence-electron chi connectivity index (χ3n) is 2.77. The van der Waals surface area contributed by atoms with E-state index in [1.165, 1.54) is 0 Å². The van der Waals surface area contributed by atoms with Gasteiger partial charge in [-0.3, -0.25) is 4.79 Å². The molecule has 0 atom stereocenters. The van der Waals surface area contributed by atoms with E-state index in [9.17, 15) is 4.79 Å². The standard InChI is InChI=1S/C15H15BrN2O/c1-10-4-3-5-12(8-10)9-15(19)18-13-6-7-14(16)17-11(13)2/h3-8H,9H2,1-2H3,(H,18,19). The Morgan fingerprint density at radius 1 is 1.26 bits per heavy atom. The summed E-state index contributed by atoms with van der Waals surface area (Å²) < 4.78 is 0.765. The first kappa shape index (κ1) is 13.7. The Kier molecular flexibility index (Phi) is 4.32. The van der Waals surface area contributed by atoms with Gasteiger partial charge in [-0.1, -0.05) is 29.8 Å². The molecule has 19 heavy (non-hydrogen) atoms. The van der Waals surface area contributed by atoms with E-state index in [4.69, 9.17) is 0 Å². The number of aryl methyl sites for hydroxylation is 2. The van der Waals surface area contributed by atoms with Gasteiger partial charge in [-0.2, -0.15) is 0 Å². The number of pyridine rings is 1. The molecule has 1 N–H and O–H groups in total. The SMILES string of the molecule is Cc1cccc(CC(=O)Nc2ccc(Br)nc2C)c1. The van der Waals surface area contributed by atoms with Crippen LogP contribution in [0.1, 0.15) is 16.8 Å². The lowest BCUT2D eigenvalue weighted by Gasteiger charge is -2.08. The van der Waals surface area contributed by atoms with Crippen LogP contribution in [-0.2, 0) is 11.2 Å². The van der Waals surface area contributed by atoms with Crippen LogP contribution in [0, 0.1) is 13.8 Å². The van der Waals surface area contributed by atoms with E-state index >= 15 is 0 Å². The lowest BCUT2D eigenvalue weighted by atomic mass is 10.1. The summed E-state index contributed by atoms with van der Waals surface area (Å²) in [5.41, 5.74) is 3.72. The Bertz CT molecular complexity index is 611. The van der Waals surface area contributed by atoms with E-state index in [0.29, 0.717) is 6.42 Å². The molecule has 0 unspecified atom stereocenters. The van der Waals surface area contributed by atoms with Crippen LogP contribution in [0.4, 0.5) is 5.69 Å². The van der Waals surface area contributed by atoms with Crippen LogP contribution in [0.2, 0.25) is 0 Å². The number of benzene rings is 1. The second-order valence-corrected chi connectivity index (χ2v) is 5.29. The highest BCUT2D eigenvalue weighted by Crippen LogP contribution is 2.16. The van der Waals surface area contributed by atoms with Gasteiger partial charge in [0, 0.05) is 0 Å². The van der Waals surface area contributed by atoms with Crippen molar-refractivity contribution >= 4 is 27.5 Å². The summed E-state index contributed by atoms with van der Waals surface area (Å²) in [7, 11) is 0. The molecule has 1 aromatic carbocycles. The number of nitrogens with zero attached hydrogens (tertiary/aromatic N) is 1. The van der Waals surface area contributed by atoms with E-state index in [1.807, 2.05) is 50.2 Å². The zero-order valence-corrected chi connectivity index (χ0v) is 12.5. The van der Waals surface area contributed by atoms with Gasteiger partial charge in [-0.15, -0.1) is 0 Å². The van der Waals surface area contributed by atoms with Crippen LogP contribution in [0.15, 0.2) is 41.0 Å². The fraction of sp³-hybridized carbons (Fsp3) is 0.200. The fourth-order valence-corrected chi connectivity index (χ4v) is 2.26. The van der Waals surface area contributed by atoms with Crippen molar-refractivity contribution in [2.24, 2.45) is 0 Å². The molecule has 0 saturated heterocycles. The molecule has 4 heteroatoms. The summed E-state index contributed by atoms with van der Waals surface area (Å²) in [6, 6.07) is 11.6. The average Bonchev–Trinajstić information content (AvgIpc) is 2.33. The molecule has 0 bridgehead atoms. The van der Waals surface area contributed by atoms with Gasteiger partial charge in [-0.25, -0.2) is 4.98 Å². The Labute approximate surface area is 121 Å². The highest BCUT2D eigenvalue weighted by Gasteiger charge is 2.07. The Hall–Kier alpha value is -1.68. The Balaban J connectivity index is 2.05. The fourth-order valence-electron chi connectivity index (χ4n) is 1.86. The molecule has 1 amide bonds. The minimum atomic E-state index is -0.0298. The van der Waals surface area contributed by atoms with Gasteiger partial charge in [0.25, 0.3) is 0 Å². The predicted molar refractivity (Wildman–Crippen MR) is 80.2 cm³/mol. The summed E-state index contributed by atoms with van der Waals surface area (Å²) >= 11 is 3.30. The van der Waals surface area contributed by atoms with Crippen molar-refractivity contribution in [1.82, 2.24) is 4.98 Å². The van der Waals surface area contributed by atoms with E-state index in [1.54, 1.807) is 0 Å². The maximum Gasteiger partial charge on any atom is 0.228 e. The van der Waals surface area contributed by atoms with Gasteiger partial charge >= 0.3 is 0 Å². The number of hydrogen-bond donors (Lipinski definition) is 1. The quantitative estimate of drug-likeness (QED) is 0.878. The van der Waals surface area contributed by atoms with Crippen molar-refractivity contribution in [3.8, 4) is 0 Å². The predicted octanol–water partition coefficient (Wildman–Crippen LogP) is 3.64. The number of rotatable bonds is 3. The molecule has 0 aliphatic carbocycles. The molecular formula is C15H15BrN2O. The summed E-state index contributed by atoms with van der Waals surface area (Å²) in [6.45, 7) is 3.89. The van der Waals surface area contributed by atoms with Crippen molar-refractivity contribution < 1.29 is 4.79 Å². The molecule has 3 nitrogen and oxygen atoms in total. The maximum atomic E-state index is 12.0. The zero-order valence-electron chi connectivity index (χ0n) is 10.9. The Morgan fingerprint density at radius 3 is 2.74 bits per heavy atom. The molecule has 0 aliphatic rings. The minimum Gasteiger partial charge on any atom is -0.324 e. The van der Waals surface area contributed by atoms with E-state index < -0.39 is 0 Å². The lowest BCUT2D eigenvalue weighted by molar-refractivity contribution is -0.115. The van der Waals surface area contributed by atoms with Crippen LogP contribution >= 0.6 is 15.9 Å². The lowest BCUT2D eigenvalue weighted by Crippen LogP contribution is -2.15. The average molecular weight is 319 g/mol. The molecule has 0 aliphatic heterocycles. The molecule has 1 heterocycles. The van der Waals surface area contributed by atoms with E-state index in [2.05, 4.69) is 26.2 Å². The third-order valence-corrected chi connectivity index (χ3v) is 3.21. The largest absolute Gasteiger partial charge is 0.324 e. The number of aromatic nitrogens is 1. The van der Waals surface area contributed by atoms with Gasteiger partial charge in [0.1, 0.15) is 4.60 Å². The molecule has 0 radical (unpaired) electrons. The van der Waals surface area contributed by atoms with Gasteiger partial charge in [0.15, 0.2) is 0 Å². The molecule has 0 fully saturated rings. The van der Waals surface area contributed by atoms with Gasteiger partial charge < -0.3 is 5.32 Å². The number of hydrogen-bond acceptors (Lipinski definition) is 2. The third kappa shape index (κ3) is 3.89. The molecule has 1 aromatic heterocycles. The van der Waals surface area contributed by atoms with Crippen LogP contribution in [0.5, 0.6) is 0 Å². The molecule has 0 saturated carbocycles. The van der Waals surface area contributed by atoms with Crippen molar-refractivity contribution in [1.29, 1.82) is 0 Å². The van der Waals surface area contributed by atoms with Crippen LogP contribution < -0.4 is 5.32 Å². The second kappa shape index (κ2) is 5.97. The number of carbonyl (C=O) groups is 1. The topological polar surface area (TPSA) is 42.0 Å². The smallest absolute Gasteiger partial charge is 0.228 e.